The number of carbonyl (C=O) groups is 1. The molecule has 1 aliphatic heterocycles. The lowest BCUT2D eigenvalue weighted by Crippen LogP contribution is -3.14. The summed E-state index contributed by atoms with van der Waals surface area (Å²) in [5.74, 6) is 0.0887. The third-order valence-electron chi connectivity index (χ3n) is 4.39. The molecule has 2 aromatic heterocycles. The first-order valence-electron chi connectivity index (χ1n) is 7.82. The number of rotatable bonds is 4. The molecule has 1 fully saturated rings. The van der Waals surface area contributed by atoms with Crippen molar-refractivity contribution in [3.63, 3.8) is 0 Å². The number of nitrogens with zero attached hydrogens (tertiary/aromatic N) is 4. The molecule has 1 N–H and O–H groups in total. The van der Waals surface area contributed by atoms with E-state index in [4.69, 9.17) is 0 Å². The van der Waals surface area contributed by atoms with Gasteiger partial charge in [0.1, 0.15) is 11.4 Å². The second kappa shape index (κ2) is 6.70. The summed E-state index contributed by atoms with van der Waals surface area (Å²) >= 11 is 1.46. The summed E-state index contributed by atoms with van der Waals surface area (Å²) in [6, 6.07) is 3.73. The molecule has 0 spiro atoms. The molecule has 3 heterocycles. The van der Waals surface area contributed by atoms with Crippen LogP contribution in [-0.2, 0) is 6.67 Å². The molecule has 2 aromatic rings. The summed E-state index contributed by atoms with van der Waals surface area (Å²) < 4.78 is 1.71. The van der Waals surface area contributed by atoms with E-state index in [1.54, 1.807) is 18.5 Å². The SMILES string of the molecule is Cc1nn(C[NH+]2CCN(C(=O)c3cccs3)CC2)c(C)c1[N+](=O)[O-]. The van der Waals surface area contributed by atoms with Crippen LogP contribution in [-0.4, -0.2) is 51.7 Å². The third kappa shape index (κ3) is 3.17. The molecule has 0 unspecified atom stereocenters. The number of hydrogen-bond donors (Lipinski definition) is 1. The Morgan fingerprint density at radius 3 is 2.67 bits per heavy atom. The Morgan fingerprint density at radius 2 is 2.12 bits per heavy atom. The van der Waals surface area contributed by atoms with Crippen molar-refractivity contribution in [2.75, 3.05) is 26.2 Å². The van der Waals surface area contributed by atoms with E-state index in [1.165, 1.54) is 16.2 Å². The predicted octanol–water partition coefficient (Wildman–Crippen LogP) is 0.468. The van der Waals surface area contributed by atoms with Crippen LogP contribution >= 0.6 is 11.3 Å². The lowest BCUT2D eigenvalue weighted by molar-refractivity contribution is -0.927. The maximum absolute atomic E-state index is 12.3. The Hall–Kier alpha value is -2.26. The summed E-state index contributed by atoms with van der Waals surface area (Å²) in [6.07, 6.45) is 0. The Morgan fingerprint density at radius 1 is 1.42 bits per heavy atom. The van der Waals surface area contributed by atoms with Crippen LogP contribution in [0.2, 0.25) is 0 Å². The molecule has 0 aliphatic carbocycles. The van der Waals surface area contributed by atoms with Crippen LogP contribution in [0.25, 0.3) is 0 Å². The molecular weight excluding hydrogens is 330 g/mol. The zero-order chi connectivity index (χ0) is 17.3. The van der Waals surface area contributed by atoms with Gasteiger partial charge in [-0.25, -0.2) is 4.68 Å². The summed E-state index contributed by atoms with van der Waals surface area (Å²) in [4.78, 5) is 27.0. The third-order valence-corrected chi connectivity index (χ3v) is 5.25. The van der Waals surface area contributed by atoms with Crippen molar-refractivity contribution in [2.45, 2.75) is 20.5 Å². The van der Waals surface area contributed by atoms with Crippen LogP contribution in [0.4, 0.5) is 5.69 Å². The smallest absolute Gasteiger partial charge is 0.312 e. The minimum absolute atomic E-state index is 0.0887. The maximum Gasteiger partial charge on any atom is 0.312 e. The van der Waals surface area contributed by atoms with Gasteiger partial charge in [0, 0.05) is 0 Å². The summed E-state index contributed by atoms with van der Waals surface area (Å²) in [5, 5.41) is 17.3. The predicted molar refractivity (Wildman–Crippen MR) is 89.3 cm³/mol. The second-order valence-electron chi connectivity index (χ2n) is 5.95. The molecule has 1 aliphatic rings. The van der Waals surface area contributed by atoms with Gasteiger partial charge in [-0.3, -0.25) is 14.9 Å². The molecule has 128 valence electrons. The number of aryl methyl sites for hydroxylation is 1. The highest BCUT2D eigenvalue weighted by Gasteiger charge is 2.28. The highest BCUT2D eigenvalue weighted by Crippen LogP contribution is 2.21. The molecule has 3 rings (SSSR count). The molecule has 1 amide bonds. The number of piperazine rings is 1. The Kier molecular flexibility index (Phi) is 4.63. The average molecular weight is 350 g/mol. The molecule has 0 aromatic carbocycles. The van der Waals surface area contributed by atoms with Gasteiger partial charge in [-0.2, -0.15) is 5.10 Å². The van der Waals surface area contributed by atoms with E-state index in [9.17, 15) is 14.9 Å². The molecule has 0 saturated carbocycles. The zero-order valence-corrected chi connectivity index (χ0v) is 14.5. The van der Waals surface area contributed by atoms with Gasteiger partial charge in [0.05, 0.1) is 36.0 Å². The summed E-state index contributed by atoms with van der Waals surface area (Å²) in [6.45, 7) is 6.97. The minimum atomic E-state index is -0.374. The van der Waals surface area contributed by atoms with Crippen LogP contribution in [0.15, 0.2) is 17.5 Å². The average Bonchev–Trinajstić information content (AvgIpc) is 3.16. The van der Waals surface area contributed by atoms with Crippen LogP contribution in [0.1, 0.15) is 21.1 Å². The first-order chi connectivity index (χ1) is 11.5. The van der Waals surface area contributed by atoms with E-state index in [1.807, 2.05) is 22.4 Å². The van der Waals surface area contributed by atoms with Crippen molar-refractivity contribution in [1.29, 1.82) is 0 Å². The van der Waals surface area contributed by atoms with E-state index in [-0.39, 0.29) is 16.5 Å². The van der Waals surface area contributed by atoms with Gasteiger partial charge in [-0.15, -0.1) is 11.3 Å². The van der Waals surface area contributed by atoms with Gasteiger partial charge < -0.3 is 9.80 Å². The van der Waals surface area contributed by atoms with Crippen molar-refractivity contribution < 1.29 is 14.6 Å². The highest BCUT2D eigenvalue weighted by atomic mass is 32.1. The number of quaternary nitrogens is 1. The van der Waals surface area contributed by atoms with Crippen molar-refractivity contribution in [2.24, 2.45) is 0 Å². The van der Waals surface area contributed by atoms with Crippen molar-refractivity contribution in [3.05, 3.63) is 43.9 Å². The second-order valence-corrected chi connectivity index (χ2v) is 6.90. The van der Waals surface area contributed by atoms with E-state index in [0.717, 1.165) is 18.0 Å². The topological polar surface area (TPSA) is 85.7 Å². The van der Waals surface area contributed by atoms with Gasteiger partial charge >= 0.3 is 5.69 Å². The normalized spacial score (nSPS) is 15.7. The van der Waals surface area contributed by atoms with Crippen LogP contribution < -0.4 is 4.90 Å². The zero-order valence-electron chi connectivity index (χ0n) is 13.7. The van der Waals surface area contributed by atoms with Crippen molar-refractivity contribution in [1.82, 2.24) is 14.7 Å². The maximum atomic E-state index is 12.3. The van der Waals surface area contributed by atoms with Gasteiger partial charge in [0.2, 0.25) is 0 Å². The highest BCUT2D eigenvalue weighted by molar-refractivity contribution is 7.12. The van der Waals surface area contributed by atoms with Gasteiger partial charge in [0.25, 0.3) is 5.91 Å². The lowest BCUT2D eigenvalue weighted by atomic mass is 10.3. The number of carbonyl (C=O) groups excluding carboxylic acids is 1. The minimum Gasteiger partial charge on any atom is -0.327 e. The Bertz CT molecular complexity index is 748. The quantitative estimate of drug-likeness (QED) is 0.641. The number of nitrogens with one attached hydrogen (secondary N) is 1. The molecule has 0 atom stereocenters. The van der Waals surface area contributed by atoms with Gasteiger partial charge in [-0.05, 0) is 25.3 Å². The number of aromatic nitrogens is 2. The molecule has 0 bridgehead atoms. The van der Waals surface area contributed by atoms with Gasteiger partial charge in [-0.1, -0.05) is 6.07 Å². The van der Waals surface area contributed by atoms with Crippen LogP contribution in [0.5, 0.6) is 0 Å². The van der Waals surface area contributed by atoms with E-state index in [2.05, 4.69) is 5.10 Å². The molecule has 0 radical (unpaired) electrons. The first-order valence-corrected chi connectivity index (χ1v) is 8.70. The standard InChI is InChI=1S/C15H19N5O3S/c1-11-14(20(22)23)12(2)19(16-11)10-17-5-7-18(8-6-17)15(21)13-4-3-9-24-13/h3-4,9H,5-8,10H2,1-2H3/p+1. The van der Waals surface area contributed by atoms with Gasteiger partial charge in [0.15, 0.2) is 6.67 Å². The van der Waals surface area contributed by atoms with Crippen molar-refractivity contribution >= 4 is 22.9 Å². The Balaban J connectivity index is 1.61. The van der Waals surface area contributed by atoms with Crippen LogP contribution in [0.3, 0.4) is 0 Å². The monoisotopic (exact) mass is 350 g/mol. The largest absolute Gasteiger partial charge is 0.327 e. The van der Waals surface area contributed by atoms with E-state index >= 15 is 0 Å². The summed E-state index contributed by atoms with van der Waals surface area (Å²) in [5.41, 5.74) is 1.13. The number of nitro groups is 1. The fourth-order valence-corrected chi connectivity index (χ4v) is 3.75. The Labute approximate surface area is 143 Å². The number of hydrogen-bond acceptors (Lipinski definition) is 5. The van der Waals surface area contributed by atoms with E-state index in [0.29, 0.717) is 31.1 Å². The molecule has 1 saturated heterocycles. The van der Waals surface area contributed by atoms with Crippen LogP contribution in [0, 0.1) is 24.0 Å². The van der Waals surface area contributed by atoms with E-state index < -0.39 is 0 Å². The fraction of sp³-hybridized carbons (Fsp3) is 0.467. The first kappa shape index (κ1) is 16.6. The fourth-order valence-electron chi connectivity index (χ4n) is 3.06. The molecule has 8 nitrogen and oxygen atoms in total. The molecule has 24 heavy (non-hydrogen) atoms. The molecular formula is C15H20N5O3S+. The number of amides is 1. The van der Waals surface area contributed by atoms with Crippen molar-refractivity contribution in [3.8, 4) is 0 Å². The lowest BCUT2D eigenvalue weighted by Gasteiger charge is -2.31. The molecule has 9 heteroatoms. The summed E-state index contributed by atoms with van der Waals surface area (Å²) in [7, 11) is 0. The number of thiophene rings is 1.